The van der Waals surface area contributed by atoms with Gasteiger partial charge >= 0.3 is 5.97 Å². The summed E-state index contributed by atoms with van der Waals surface area (Å²) in [5.74, 6) is -0.917. The minimum atomic E-state index is -0.722. The molecule has 1 aromatic rings. The van der Waals surface area contributed by atoms with Gasteiger partial charge in [-0.1, -0.05) is 19.9 Å². The summed E-state index contributed by atoms with van der Waals surface area (Å²) in [6, 6.07) is 6.44. The van der Waals surface area contributed by atoms with Crippen LogP contribution in [-0.4, -0.2) is 17.6 Å². The van der Waals surface area contributed by atoms with Crippen molar-refractivity contribution >= 4 is 11.7 Å². The number of carbonyl (C=O) groups is 1. The molecule has 0 amide bonds. The maximum atomic E-state index is 11.2. The van der Waals surface area contributed by atoms with Crippen molar-refractivity contribution in [2.75, 3.05) is 11.9 Å². The summed E-state index contributed by atoms with van der Waals surface area (Å²) >= 11 is 0. The highest BCUT2D eigenvalue weighted by atomic mass is 16.4. The minimum Gasteiger partial charge on any atom is -0.481 e. The molecule has 0 aromatic heterocycles. The Balaban J connectivity index is 2.01. The first-order valence-corrected chi connectivity index (χ1v) is 7.16. The fourth-order valence-electron chi connectivity index (χ4n) is 2.68. The highest BCUT2D eigenvalue weighted by molar-refractivity contribution is 5.71. The van der Waals surface area contributed by atoms with Gasteiger partial charge in [-0.05, 0) is 54.9 Å². The number of carboxylic acid groups (broad SMARTS) is 1. The molecule has 2 N–H and O–H groups in total. The molecule has 0 saturated heterocycles. The summed E-state index contributed by atoms with van der Waals surface area (Å²) in [6.07, 6.45) is 4.88. The largest absolute Gasteiger partial charge is 0.481 e. The van der Waals surface area contributed by atoms with Crippen molar-refractivity contribution in [3.63, 3.8) is 0 Å². The summed E-state index contributed by atoms with van der Waals surface area (Å²) in [6.45, 7) is 4.40. The number of hydrogen-bond donors (Lipinski definition) is 2. The Morgan fingerprint density at radius 1 is 1.26 bits per heavy atom. The van der Waals surface area contributed by atoms with Crippen molar-refractivity contribution in [3.05, 3.63) is 29.3 Å². The predicted molar refractivity (Wildman–Crippen MR) is 77.5 cm³/mol. The van der Waals surface area contributed by atoms with E-state index < -0.39 is 5.97 Å². The quantitative estimate of drug-likeness (QED) is 0.854. The van der Waals surface area contributed by atoms with Gasteiger partial charge in [0.15, 0.2) is 0 Å². The SMILES string of the molecule is CC(C)C(CNc1ccc2c(c1)CCCC2)C(=O)O. The third-order valence-electron chi connectivity index (χ3n) is 4.00. The van der Waals surface area contributed by atoms with Crippen LogP contribution in [0, 0.1) is 11.8 Å². The van der Waals surface area contributed by atoms with Gasteiger partial charge in [-0.25, -0.2) is 0 Å². The van der Waals surface area contributed by atoms with E-state index in [4.69, 9.17) is 0 Å². The van der Waals surface area contributed by atoms with Crippen LogP contribution < -0.4 is 5.32 Å². The highest BCUT2D eigenvalue weighted by Crippen LogP contribution is 2.24. The lowest BCUT2D eigenvalue weighted by molar-refractivity contribution is -0.142. The average Bonchev–Trinajstić information content (AvgIpc) is 2.38. The van der Waals surface area contributed by atoms with Crippen LogP contribution in [0.2, 0.25) is 0 Å². The van der Waals surface area contributed by atoms with E-state index in [1.807, 2.05) is 13.8 Å². The molecule has 0 radical (unpaired) electrons. The standard InChI is InChI=1S/C16H23NO2/c1-11(2)15(16(18)19)10-17-14-8-7-12-5-3-4-6-13(12)9-14/h7-9,11,15,17H,3-6,10H2,1-2H3,(H,18,19). The smallest absolute Gasteiger partial charge is 0.308 e. The average molecular weight is 261 g/mol. The summed E-state index contributed by atoms with van der Waals surface area (Å²) in [4.78, 5) is 11.2. The molecular formula is C16H23NO2. The van der Waals surface area contributed by atoms with Gasteiger partial charge in [0.2, 0.25) is 0 Å². The zero-order chi connectivity index (χ0) is 13.8. The van der Waals surface area contributed by atoms with Gasteiger partial charge < -0.3 is 10.4 Å². The molecule has 0 saturated carbocycles. The number of anilines is 1. The molecule has 0 fully saturated rings. The molecule has 3 heteroatoms. The lowest BCUT2D eigenvalue weighted by Gasteiger charge is -2.20. The topological polar surface area (TPSA) is 49.3 Å². The summed E-state index contributed by atoms with van der Waals surface area (Å²) in [5.41, 5.74) is 3.93. The van der Waals surface area contributed by atoms with Gasteiger partial charge in [0.1, 0.15) is 0 Å². The first-order valence-electron chi connectivity index (χ1n) is 7.16. The Morgan fingerprint density at radius 3 is 2.58 bits per heavy atom. The number of aliphatic carboxylic acids is 1. The molecule has 0 heterocycles. The van der Waals surface area contributed by atoms with Crippen LogP contribution in [0.3, 0.4) is 0 Å². The van der Waals surface area contributed by atoms with E-state index in [1.165, 1.54) is 30.4 Å². The fourth-order valence-corrected chi connectivity index (χ4v) is 2.68. The second-order valence-electron chi connectivity index (χ2n) is 5.76. The molecule has 0 aliphatic heterocycles. The molecule has 3 nitrogen and oxygen atoms in total. The molecule has 1 aliphatic carbocycles. The number of carboxylic acids is 1. The van der Waals surface area contributed by atoms with Gasteiger partial charge in [-0.2, -0.15) is 0 Å². The number of benzene rings is 1. The van der Waals surface area contributed by atoms with Crippen molar-refractivity contribution in [2.24, 2.45) is 11.8 Å². The second-order valence-corrected chi connectivity index (χ2v) is 5.76. The van der Waals surface area contributed by atoms with E-state index in [-0.39, 0.29) is 11.8 Å². The maximum Gasteiger partial charge on any atom is 0.308 e. The van der Waals surface area contributed by atoms with Gasteiger partial charge in [0.25, 0.3) is 0 Å². The predicted octanol–water partition coefficient (Wildman–Crippen LogP) is 3.33. The van der Waals surface area contributed by atoms with E-state index in [0.717, 1.165) is 12.1 Å². The Labute approximate surface area is 115 Å². The molecule has 1 aromatic carbocycles. The van der Waals surface area contributed by atoms with Crippen LogP contribution >= 0.6 is 0 Å². The Hall–Kier alpha value is -1.51. The molecule has 0 bridgehead atoms. The Morgan fingerprint density at radius 2 is 1.95 bits per heavy atom. The summed E-state index contributed by atoms with van der Waals surface area (Å²) in [7, 11) is 0. The van der Waals surface area contributed by atoms with Gasteiger partial charge in [-0.3, -0.25) is 4.79 Å². The van der Waals surface area contributed by atoms with Crippen molar-refractivity contribution in [1.29, 1.82) is 0 Å². The lowest BCUT2D eigenvalue weighted by Crippen LogP contribution is -2.27. The number of hydrogen-bond acceptors (Lipinski definition) is 2. The molecule has 2 rings (SSSR count). The van der Waals surface area contributed by atoms with Gasteiger partial charge in [-0.15, -0.1) is 0 Å². The van der Waals surface area contributed by atoms with Crippen LogP contribution in [-0.2, 0) is 17.6 Å². The molecule has 1 unspecified atom stereocenters. The van der Waals surface area contributed by atoms with E-state index in [0.29, 0.717) is 6.54 Å². The Bertz CT molecular complexity index is 454. The molecule has 104 valence electrons. The van der Waals surface area contributed by atoms with Crippen LogP contribution in [0.4, 0.5) is 5.69 Å². The maximum absolute atomic E-state index is 11.2. The van der Waals surface area contributed by atoms with Crippen molar-refractivity contribution < 1.29 is 9.90 Å². The number of rotatable bonds is 5. The first kappa shape index (κ1) is 13.9. The van der Waals surface area contributed by atoms with Crippen molar-refractivity contribution in [2.45, 2.75) is 39.5 Å². The second kappa shape index (κ2) is 6.09. The summed E-state index contributed by atoms with van der Waals surface area (Å²) in [5, 5.41) is 12.5. The first-order chi connectivity index (χ1) is 9.08. The van der Waals surface area contributed by atoms with Crippen molar-refractivity contribution in [1.82, 2.24) is 0 Å². The molecule has 1 atom stereocenters. The van der Waals surface area contributed by atoms with Crippen molar-refractivity contribution in [3.8, 4) is 0 Å². The molecule has 19 heavy (non-hydrogen) atoms. The highest BCUT2D eigenvalue weighted by Gasteiger charge is 2.21. The van der Waals surface area contributed by atoms with E-state index in [9.17, 15) is 9.90 Å². The zero-order valence-electron chi connectivity index (χ0n) is 11.8. The zero-order valence-corrected chi connectivity index (χ0v) is 11.8. The van der Waals surface area contributed by atoms with Crippen LogP contribution in [0.15, 0.2) is 18.2 Å². The van der Waals surface area contributed by atoms with E-state index in [1.54, 1.807) is 0 Å². The molecular weight excluding hydrogens is 238 g/mol. The van der Waals surface area contributed by atoms with Crippen LogP contribution in [0.5, 0.6) is 0 Å². The van der Waals surface area contributed by atoms with E-state index in [2.05, 4.69) is 23.5 Å². The van der Waals surface area contributed by atoms with Gasteiger partial charge in [0.05, 0.1) is 5.92 Å². The Kier molecular flexibility index (Phi) is 4.46. The minimum absolute atomic E-state index is 0.141. The molecule has 1 aliphatic rings. The van der Waals surface area contributed by atoms with Crippen LogP contribution in [0.25, 0.3) is 0 Å². The molecule has 0 spiro atoms. The van der Waals surface area contributed by atoms with Crippen LogP contribution in [0.1, 0.15) is 37.8 Å². The number of fused-ring (bicyclic) bond motifs is 1. The van der Waals surface area contributed by atoms with Gasteiger partial charge in [0, 0.05) is 12.2 Å². The lowest BCUT2D eigenvalue weighted by atomic mass is 9.91. The normalized spacial score (nSPS) is 15.9. The monoisotopic (exact) mass is 261 g/mol. The summed E-state index contributed by atoms with van der Waals surface area (Å²) < 4.78 is 0. The number of nitrogens with one attached hydrogen (secondary N) is 1. The van der Waals surface area contributed by atoms with E-state index >= 15 is 0 Å². The number of aryl methyl sites for hydroxylation is 2. The third-order valence-corrected chi connectivity index (χ3v) is 4.00. The fraction of sp³-hybridized carbons (Fsp3) is 0.562. The third kappa shape index (κ3) is 3.49.